The molecule has 7 heteroatoms. The van der Waals surface area contributed by atoms with Gasteiger partial charge in [0.2, 0.25) is 5.91 Å². The molecule has 1 aromatic carbocycles. The fourth-order valence-electron chi connectivity index (χ4n) is 2.75. The van der Waals surface area contributed by atoms with Crippen molar-refractivity contribution < 1.29 is 19.1 Å². The van der Waals surface area contributed by atoms with E-state index in [1.807, 2.05) is 37.8 Å². The van der Waals surface area contributed by atoms with Gasteiger partial charge in [0, 0.05) is 43.7 Å². The SMILES string of the molecule is COC(=O)CN1CCN(C(=O)c2ccc(CNC(=O)C(C)(C)C)cc2)CC1. The Labute approximate surface area is 160 Å². The van der Waals surface area contributed by atoms with Gasteiger partial charge in [-0.05, 0) is 17.7 Å². The lowest BCUT2D eigenvalue weighted by atomic mass is 9.95. The average molecular weight is 375 g/mol. The summed E-state index contributed by atoms with van der Waals surface area (Å²) in [5, 5.41) is 2.90. The smallest absolute Gasteiger partial charge is 0.319 e. The van der Waals surface area contributed by atoms with Crippen molar-refractivity contribution in [1.29, 1.82) is 0 Å². The molecular formula is C20H29N3O4. The predicted octanol–water partition coefficient (Wildman–Crippen LogP) is 1.28. The topological polar surface area (TPSA) is 79.0 Å². The summed E-state index contributed by atoms with van der Waals surface area (Å²) in [5.41, 5.74) is 1.15. The number of hydrogen-bond acceptors (Lipinski definition) is 5. The Bertz CT molecular complexity index is 671. The third-order valence-electron chi connectivity index (χ3n) is 4.58. The van der Waals surface area contributed by atoms with E-state index in [1.165, 1.54) is 7.11 Å². The molecule has 0 unspecified atom stereocenters. The first-order valence-electron chi connectivity index (χ1n) is 9.16. The van der Waals surface area contributed by atoms with Crippen LogP contribution in [-0.4, -0.2) is 67.4 Å². The molecule has 0 aromatic heterocycles. The van der Waals surface area contributed by atoms with Crippen molar-refractivity contribution in [3.63, 3.8) is 0 Å². The number of ether oxygens (including phenoxy) is 1. The van der Waals surface area contributed by atoms with Crippen molar-refractivity contribution in [2.24, 2.45) is 5.41 Å². The van der Waals surface area contributed by atoms with Crippen LogP contribution in [0.1, 0.15) is 36.7 Å². The highest BCUT2D eigenvalue weighted by molar-refractivity contribution is 5.94. The maximum atomic E-state index is 12.6. The number of carbonyl (C=O) groups is 3. The summed E-state index contributed by atoms with van der Waals surface area (Å²) in [6.45, 7) is 8.78. The van der Waals surface area contributed by atoms with Crippen LogP contribution in [0.5, 0.6) is 0 Å². The van der Waals surface area contributed by atoms with Gasteiger partial charge >= 0.3 is 5.97 Å². The van der Waals surface area contributed by atoms with Gasteiger partial charge in [-0.15, -0.1) is 0 Å². The zero-order valence-corrected chi connectivity index (χ0v) is 16.6. The molecule has 7 nitrogen and oxygen atoms in total. The van der Waals surface area contributed by atoms with E-state index in [-0.39, 0.29) is 24.3 Å². The molecule has 1 aliphatic heterocycles. The van der Waals surface area contributed by atoms with Gasteiger partial charge in [-0.25, -0.2) is 0 Å². The number of methoxy groups -OCH3 is 1. The van der Waals surface area contributed by atoms with Gasteiger partial charge in [-0.2, -0.15) is 0 Å². The lowest BCUT2D eigenvalue weighted by Crippen LogP contribution is -2.50. The molecule has 27 heavy (non-hydrogen) atoms. The summed E-state index contributed by atoms with van der Waals surface area (Å²) < 4.78 is 4.67. The molecule has 0 radical (unpaired) electrons. The summed E-state index contributed by atoms with van der Waals surface area (Å²) in [6, 6.07) is 7.32. The lowest BCUT2D eigenvalue weighted by molar-refractivity contribution is -0.142. The maximum absolute atomic E-state index is 12.6. The van der Waals surface area contributed by atoms with E-state index in [4.69, 9.17) is 0 Å². The van der Waals surface area contributed by atoms with E-state index in [1.54, 1.807) is 17.0 Å². The Morgan fingerprint density at radius 1 is 1.04 bits per heavy atom. The highest BCUT2D eigenvalue weighted by Gasteiger charge is 2.24. The van der Waals surface area contributed by atoms with Gasteiger partial charge < -0.3 is 15.0 Å². The van der Waals surface area contributed by atoms with Gasteiger partial charge in [0.05, 0.1) is 13.7 Å². The van der Waals surface area contributed by atoms with Crippen LogP contribution in [0.2, 0.25) is 0 Å². The fourth-order valence-corrected chi connectivity index (χ4v) is 2.75. The standard InChI is InChI=1S/C20H29N3O4/c1-20(2,3)19(26)21-13-15-5-7-16(8-6-15)18(25)23-11-9-22(10-12-23)14-17(24)27-4/h5-8H,9-14H2,1-4H3,(H,21,26). The van der Waals surface area contributed by atoms with Gasteiger partial charge in [-0.1, -0.05) is 32.9 Å². The molecule has 0 spiro atoms. The van der Waals surface area contributed by atoms with Crippen molar-refractivity contribution in [3.8, 4) is 0 Å². The van der Waals surface area contributed by atoms with E-state index < -0.39 is 5.41 Å². The Balaban J connectivity index is 1.85. The van der Waals surface area contributed by atoms with Gasteiger partial charge in [-0.3, -0.25) is 19.3 Å². The number of piperazine rings is 1. The van der Waals surface area contributed by atoms with E-state index in [0.717, 1.165) is 5.56 Å². The largest absolute Gasteiger partial charge is 0.468 e. The Hall–Kier alpha value is -2.41. The second-order valence-electron chi connectivity index (χ2n) is 7.77. The summed E-state index contributed by atoms with van der Waals surface area (Å²) in [5.74, 6) is -0.283. The maximum Gasteiger partial charge on any atom is 0.319 e. The average Bonchev–Trinajstić information content (AvgIpc) is 2.65. The normalized spacial score (nSPS) is 15.3. The molecule has 1 aliphatic rings. The molecule has 0 aliphatic carbocycles. The molecule has 1 fully saturated rings. The highest BCUT2D eigenvalue weighted by Crippen LogP contribution is 2.14. The summed E-state index contributed by atoms with van der Waals surface area (Å²) in [6.07, 6.45) is 0. The van der Waals surface area contributed by atoms with Crippen LogP contribution in [0.15, 0.2) is 24.3 Å². The van der Waals surface area contributed by atoms with Crippen LogP contribution in [0.25, 0.3) is 0 Å². The monoisotopic (exact) mass is 375 g/mol. The number of amides is 2. The van der Waals surface area contributed by atoms with Crippen LogP contribution >= 0.6 is 0 Å². The van der Waals surface area contributed by atoms with Crippen LogP contribution in [0.4, 0.5) is 0 Å². The van der Waals surface area contributed by atoms with Crippen LogP contribution < -0.4 is 5.32 Å². The second-order valence-corrected chi connectivity index (χ2v) is 7.77. The van der Waals surface area contributed by atoms with Crippen molar-refractivity contribution in [2.75, 3.05) is 39.8 Å². The third-order valence-corrected chi connectivity index (χ3v) is 4.58. The number of nitrogens with one attached hydrogen (secondary N) is 1. The van der Waals surface area contributed by atoms with Gasteiger partial charge in [0.25, 0.3) is 5.91 Å². The van der Waals surface area contributed by atoms with E-state index >= 15 is 0 Å². The minimum atomic E-state index is -0.425. The molecule has 0 atom stereocenters. The first kappa shape index (κ1) is 20.9. The molecule has 1 heterocycles. The molecule has 2 rings (SSSR count). The van der Waals surface area contributed by atoms with E-state index in [9.17, 15) is 14.4 Å². The third kappa shape index (κ3) is 6.06. The number of benzene rings is 1. The van der Waals surface area contributed by atoms with Crippen LogP contribution in [-0.2, 0) is 20.9 Å². The van der Waals surface area contributed by atoms with Crippen LogP contribution in [0, 0.1) is 5.41 Å². The molecule has 0 bridgehead atoms. The predicted molar refractivity (Wildman–Crippen MR) is 102 cm³/mol. The van der Waals surface area contributed by atoms with Crippen molar-refractivity contribution in [1.82, 2.24) is 15.1 Å². The minimum Gasteiger partial charge on any atom is -0.468 e. The summed E-state index contributed by atoms with van der Waals surface area (Å²) in [4.78, 5) is 39.7. The van der Waals surface area contributed by atoms with Gasteiger partial charge in [0.1, 0.15) is 0 Å². The number of carbonyl (C=O) groups excluding carboxylic acids is 3. The number of nitrogens with zero attached hydrogens (tertiary/aromatic N) is 2. The van der Waals surface area contributed by atoms with E-state index in [0.29, 0.717) is 38.3 Å². The van der Waals surface area contributed by atoms with Crippen molar-refractivity contribution >= 4 is 17.8 Å². The minimum absolute atomic E-state index is 0.00696. The molecule has 1 N–H and O–H groups in total. The number of esters is 1. The fraction of sp³-hybridized carbons (Fsp3) is 0.550. The quantitative estimate of drug-likeness (QED) is 0.785. The summed E-state index contributed by atoms with van der Waals surface area (Å²) in [7, 11) is 1.38. The van der Waals surface area contributed by atoms with Gasteiger partial charge in [0.15, 0.2) is 0 Å². The molecular weight excluding hydrogens is 346 g/mol. The van der Waals surface area contributed by atoms with E-state index in [2.05, 4.69) is 10.1 Å². The van der Waals surface area contributed by atoms with Crippen molar-refractivity contribution in [3.05, 3.63) is 35.4 Å². The number of hydrogen-bond donors (Lipinski definition) is 1. The Morgan fingerprint density at radius 2 is 1.63 bits per heavy atom. The molecule has 2 amide bonds. The second kappa shape index (κ2) is 8.99. The summed E-state index contributed by atoms with van der Waals surface area (Å²) >= 11 is 0. The zero-order chi connectivity index (χ0) is 20.0. The lowest BCUT2D eigenvalue weighted by Gasteiger charge is -2.34. The molecule has 1 saturated heterocycles. The van der Waals surface area contributed by atoms with Crippen molar-refractivity contribution in [2.45, 2.75) is 27.3 Å². The molecule has 148 valence electrons. The number of rotatable bonds is 5. The first-order chi connectivity index (χ1) is 12.7. The highest BCUT2D eigenvalue weighted by atomic mass is 16.5. The molecule has 1 aromatic rings. The molecule has 0 saturated carbocycles. The first-order valence-corrected chi connectivity index (χ1v) is 9.16. The zero-order valence-electron chi connectivity index (χ0n) is 16.6. The van der Waals surface area contributed by atoms with Crippen LogP contribution in [0.3, 0.4) is 0 Å². The Kier molecular flexibility index (Phi) is 6.96. The Morgan fingerprint density at radius 3 is 2.15 bits per heavy atom.